The van der Waals surface area contributed by atoms with Gasteiger partial charge in [-0.05, 0) is 58.4 Å². The topological polar surface area (TPSA) is 20.2 Å². The largest absolute Gasteiger partial charge is 0.507 e. The molecule has 2 atom stereocenters. The lowest BCUT2D eigenvalue weighted by molar-refractivity contribution is 0.479. The Balaban J connectivity index is 1.95. The third-order valence-electron chi connectivity index (χ3n) is 5.60. The van der Waals surface area contributed by atoms with Crippen molar-refractivity contribution in [3.8, 4) is 16.9 Å². The Morgan fingerprint density at radius 2 is 1.45 bits per heavy atom. The summed E-state index contributed by atoms with van der Waals surface area (Å²) in [5, 5.41) is 12.7. The third-order valence-corrected chi connectivity index (χ3v) is 5.60. The van der Waals surface area contributed by atoms with E-state index in [2.05, 4.69) is 36.4 Å². The summed E-state index contributed by atoms with van der Waals surface area (Å²) in [5.41, 5.74) is 5.59. The highest BCUT2D eigenvalue weighted by Crippen LogP contribution is 2.56. The van der Waals surface area contributed by atoms with Crippen LogP contribution in [0.3, 0.4) is 0 Å². The number of fused-ring (bicyclic) bond motifs is 8. The molecule has 1 fully saturated rings. The maximum absolute atomic E-state index is 10.5. The molecule has 3 aromatic rings. The Hall–Kier alpha value is -2.28. The Morgan fingerprint density at radius 1 is 0.773 bits per heavy atom. The summed E-state index contributed by atoms with van der Waals surface area (Å²) in [6.45, 7) is 0. The smallest absolute Gasteiger partial charge is 0.123 e. The van der Waals surface area contributed by atoms with E-state index in [1.165, 1.54) is 46.9 Å². The predicted molar refractivity (Wildman–Crippen MR) is 90.4 cm³/mol. The molecule has 0 saturated heterocycles. The maximum atomic E-state index is 10.5. The van der Waals surface area contributed by atoms with E-state index in [0.29, 0.717) is 17.6 Å². The van der Waals surface area contributed by atoms with E-state index >= 15 is 0 Å². The summed E-state index contributed by atoms with van der Waals surface area (Å²) in [6, 6.07) is 19.2. The van der Waals surface area contributed by atoms with Crippen LogP contribution in [0.2, 0.25) is 0 Å². The minimum absolute atomic E-state index is 0.430. The van der Waals surface area contributed by atoms with Gasteiger partial charge in [0.2, 0.25) is 0 Å². The fourth-order valence-corrected chi connectivity index (χ4v) is 4.72. The molecule has 5 rings (SSSR count). The number of benzene rings is 3. The van der Waals surface area contributed by atoms with Crippen LogP contribution in [0.4, 0.5) is 0 Å². The lowest BCUT2D eigenvalue weighted by Crippen LogP contribution is -2.13. The summed E-state index contributed by atoms with van der Waals surface area (Å²) in [4.78, 5) is 0. The van der Waals surface area contributed by atoms with Gasteiger partial charge in [0, 0.05) is 5.39 Å². The van der Waals surface area contributed by atoms with Crippen LogP contribution in [-0.4, -0.2) is 5.11 Å². The number of aromatic hydroxyl groups is 1. The highest BCUT2D eigenvalue weighted by molar-refractivity contribution is 6.03. The average Bonchev–Trinajstić information content (AvgIpc) is 3.05. The molecule has 1 N–H and O–H groups in total. The lowest BCUT2D eigenvalue weighted by Gasteiger charge is -2.32. The first-order valence-electron chi connectivity index (χ1n) is 8.18. The molecule has 108 valence electrons. The molecule has 0 radical (unpaired) electrons. The number of phenolic OH excluding ortho intramolecular Hbond substituents is 1. The van der Waals surface area contributed by atoms with Crippen LogP contribution in [-0.2, 0) is 0 Å². The molecule has 0 aromatic heterocycles. The summed E-state index contributed by atoms with van der Waals surface area (Å²) in [6.07, 6.45) is 3.80. The second-order valence-electron chi connectivity index (χ2n) is 6.64. The Kier molecular flexibility index (Phi) is 2.43. The van der Waals surface area contributed by atoms with Gasteiger partial charge in [-0.15, -0.1) is 0 Å². The van der Waals surface area contributed by atoms with Crippen molar-refractivity contribution in [1.82, 2.24) is 0 Å². The van der Waals surface area contributed by atoms with Crippen molar-refractivity contribution in [3.05, 3.63) is 65.7 Å². The normalized spacial score (nSPS) is 22.2. The number of phenols is 1. The van der Waals surface area contributed by atoms with Gasteiger partial charge in [-0.3, -0.25) is 0 Å². The molecular formula is C21H18O. The standard InChI is InChI=1S/C21H18O/c22-20-12-19-15-11-5-10-13(15)14-6-1-3-8-17(14)21(19)18-9-4-2-7-16(18)20/h1-4,6-9,12-13,15,22H,5,10-11H2. The third kappa shape index (κ3) is 1.49. The van der Waals surface area contributed by atoms with Crippen molar-refractivity contribution < 1.29 is 5.11 Å². The molecule has 0 aliphatic heterocycles. The van der Waals surface area contributed by atoms with E-state index in [9.17, 15) is 5.11 Å². The molecule has 0 spiro atoms. The number of hydrogen-bond donors (Lipinski definition) is 1. The zero-order valence-electron chi connectivity index (χ0n) is 12.4. The first kappa shape index (κ1) is 12.3. The highest BCUT2D eigenvalue weighted by atomic mass is 16.3. The minimum atomic E-state index is 0.430. The van der Waals surface area contributed by atoms with Crippen LogP contribution < -0.4 is 0 Å². The van der Waals surface area contributed by atoms with E-state index in [-0.39, 0.29) is 0 Å². The Labute approximate surface area is 130 Å². The van der Waals surface area contributed by atoms with Gasteiger partial charge >= 0.3 is 0 Å². The van der Waals surface area contributed by atoms with Crippen molar-refractivity contribution in [2.75, 3.05) is 0 Å². The summed E-state index contributed by atoms with van der Waals surface area (Å²) >= 11 is 0. The molecule has 0 bridgehead atoms. The zero-order chi connectivity index (χ0) is 14.7. The van der Waals surface area contributed by atoms with Gasteiger partial charge in [-0.1, -0.05) is 55.0 Å². The van der Waals surface area contributed by atoms with E-state index in [1.807, 2.05) is 18.2 Å². The molecule has 0 heterocycles. The fraction of sp³-hybridized carbons (Fsp3) is 0.238. The number of hydrogen-bond acceptors (Lipinski definition) is 1. The van der Waals surface area contributed by atoms with E-state index in [0.717, 1.165) is 5.39 Å². The van der Waals surface area contributed by atoms with Crippen LogP contribution in [0.1, 0.15) is 42.2 Å². The van der Waals surface area contributed by atoms with E-state index in [4.69, 9.17) is 0 Å². The second kappa shape index (κ2) is 4.36. The van der Waals surface area contributed by atoms with Crippen molar-refractivity contribution in [1.29, 1.82) is 0 Å². The fourth-order valence-electron chi connectivity index (χ4n) is 4.72. The summed E-state index contributed by atoms with van der Waals surface area (Å²) < 4.78 is 0. The van der Waals surface area contributed by atoms with Gasteiger partial charge in [0.15, 0.2) is 0 Å². The van der Waals surface area contributed by atoms with Crippen molar-refractivity contribution >= 4 is 10.8 Å². The summed E-state index contributed by atoms with van der Waals surface area (Å²) in [5.74, 6) is 1.63. The molecule has 2 aliphatic carbocycles. The van der Waals surface area contributed by atoms with Crippen LogP contribution in [0.5, 0.6) is 5.75 Å². The maximum Gasteiger partial charge on any atom is 0.123 e. The van der Waals surface area contributed by atoms with Crippen molar-refractivity contribution in [3.63, 3.8) is 0 Å². The van der Waals surface area contributed by atoms with Gasteiger partial charge in [0.05, 0.1) is 0 Å². The monoisotopic (exact) mass is 286 g/mol. The zero-order valence-corrected chi connectivity index (χ0v) is 12.4. The highest BCUT2D eigenvalue weighted by Gasteiger charge is 2.37. The van der Waals surface area contributed by atoms with Crippen LogP contribution in [0.15, 0.2) is 54.6 Å². The molecule has 22 heavy (non-hydrogen) atoms. The Bertz CT molecular complexity index is 894. The molecule has 3 aromatic carbocycles. The van der Waals surface area contributed by atoms with E-state index in [1.54, 1.807) is 0 Å². The van der Waals surface area contributed by atoms with Crippen molar-refractivity contribution in [2.45, 2.75) is 31.1 Å². The Morgan fingerprint density at radius 3 is 2.32 bits per heavy atom. The van der Waals surface area contributed by atoms with Crippen molar-refractivity contribution in [2.24, 2.45) is 0 Å². The minimum Gasteiger partial charge on any atom is -0.507 e. The molecule has 1 saturated carbocycles. The molecule has 1 heteroatoms. The van der Waals surface area contributed by atoms with Gasteiger partial charge in [0.25, 0.3) is 0 Å². The van der Waals surface area contributed by atoms with Gasteiger partial charge < -0.3 is 5.11 Å². The molecule has 1 nitrogen and oxygen atoms in total. The second-order valence-corrected chi connectivity index (χ2v) is 6.64. The quantitative estimate of drug-likeness (QED) is 0.572. The molecular weight excluding hydrogens is 268 g/mol. The molecule has 2 aliphatic rings. The van der Waals surface area contributed by atoms with Crippen LogP contribution in [0.25, 0.3) is 21.9 Å². The van der Waals surface area contributed by atoms with Gasteiger partial charge in [0.1, 0.15) is 5.75 Å². The van der Waals surface area contributed by atoms with Crippen LogP contribution in [0, 0.1) is 0 Å². The summed E-state index contributed by atoms with van der Waals surface area (Å²) in [7, 11) is 0. The predicted octanol–water partition coefficient (Wildman–Crippen LogP) is 5.58. The molecule has 0 amide bonds. The first-order chi connectivity index (χ1) is 10.8. The molecule has 2 unspecified atom stereocenters. The number of rotatable bonds is 0. The van der Waals surface area contributed by atoms with Gasteiger partial charge in [-0.25, -0.2) is 0 Å². The lowest BCUT2D eigenvalue weighted by atomic mass is 9.72. The SMILES string of the molecule is Oc1cc2c(c3ccccc13)-c1ccccc1C1CCCC21. The van der Waals surface area contributed by atoms with Crippen LogP contribution >= 0.6 is 0 Å². The van der Waals surface area contributed by atoms with Gasteiger partial charge in [-0.2, -0.15) is 0 Å². The van der Waals surface area contributed by atoms with E-state index < -0.39 is 0 Å². The average molecular weight is 286 g/mol. The first-order valence-corrected chi connectivity index (χ1v) is 8.18.